The highest BCUT2D eigenvalue weighted by Crippen LogP contribution is 2.24. The maximum Gasteiger partial charge on any atom is 0.310 e. The number of rotatable bonds is 3. The number of aliphatic carboxylic acids is 1. The summed E-state index contributed by atoms with van der Waals surface area (Å²) in [6, 6.07) is 5.46. The summed E-state index contributed by atoms with van der Waals surface area (Å²) in [7, 11) is 1.58. The monoisotopic (exact) mass is 224 g/mol. The summed E-state index contributed by atoms with van der Waals surface area (Å²) in [6.07, 6.45) is 0. The van der Waals surface area contributed by atoms with Crippen LogP contribution in [0.1, 0.15) is 37.8 Å². The molecule has 0 aliphatic rings. The Morgan fingerprint density at radius 3 is 2.38 bits per heavy atom. The zero-order chi connectivity index (χ0) is 12.7. The van der Waals surface area contributed by atoms with Crippen molar-refractivity contribution in [2.45, 2.75) is 33.6 Å². The van der Waals surface area contributed by atoms with Crippen molar-refractivity contribution in [3.05, 3.63) is 29.3 Å². The number of ether oxygens (including phenoxy) is 1. The Bertz CT molecular complexity index is 345. The number of carboxylic acid groups (broad SMARTS) is 1. The Hall–Kier alpha value is -1.51. The van der Waals surface area contributed by atoms with E-state index in [2.05, 4.69) is 0 Å². The maximum absolute atomic E-state index is 10.7. The molecule has 0 aliphatic heterocycles. The zero-order valence-corrected chi connectivity index (χ0v) is 10.6. The van der Waals surface area contributed by atoms with Crippen LogP contribution in [0.25, 0.3) is 0 Å². The molecule has 0 radical (unpaired) electrons. The fourth-order valence-corrected chi connectivity index (χ4v) is 1.25. The Labute approximate surface area is 97.1 Å². The molecular weight excluding hydrogens is 204 g/mol. The van der Waals surface area contributed by atoms with Crippen LogP contribution in [0.15, 0.2) is 18.2 Å². The maximum atomic E-state index is 10.7. The van der Waals surface area contributed by atoms with E-state index in [-0.39, 0.29) is 0 Å². The van der Waals surface area contributed by atoms with Crippen molar-refractivity contribution in [1.29, 1.82) is 0 Å². The largest absolute Gasteiger partial charge is 0.496 e. The van der Waals surface area contributed by atoms with Gasteiger partial charge in [-0.25, -0.2) is 0 Å². The molecule has 0 aromatic heterocycles. The van der Waals surface area contributed by atoms with Gasteiger partial charge in [-0.2, -0.15) is 0 Å². The van der Waals surface area contributed by atoms with Crippen LogP contribution in [-0.2, 0) is 4.79 Å². The molecule has 0 bridgehead atoms. The van der Waals surface area contributed by atoms with Gasteiger partial charge in [0.25, 0.3) is 0 Å². The molecule has 0 amide bonds. The summed E-state index contributed by atoms with van der Waals surface area (Å²) >= 11 is 0. The first kappa shape index (κ1) is 14.5. The fraction of sp³-hybridized carbons (Fsp3) is 0.462. The van der Waals surface area contributed by atoms with Gasteiger partial charge in [0.2, 0.25) is 0 Å². The van der Waals surface area contributed by atoms with Gasteiger partial charge in [0.05, 0.1) is 13.0 Å². The standard InChI is InChI=1S/C11H14O3.C2H6/c1-7-4-5-9(6-10(7)14-3)8(2)11(12)13;1-2/h4-6,8H,1-3H3,(H,12,13);1-2H3. The van der Waals surface area contributed by atoms with Gasteiger partial charge in [0.15, 0.2) is 0 Å². The Morgan fingerprint density at radius 1 is 1.38 bits per heavy atom. The van der Waals surface area contributed by atoms with Gasteiger partial charge in [-0.3, -0.25) is 4.79 Å². The van der Waals surface area contributed by atoms with Gasteiger partial charge in [-0.1, -0.05) is 26.0 Å². The number of aryl methyl sites for hydroxylation is 1. The lowest BCUT2D eigenvalue weighted by molar-refractivity contribution is -0.138. The van der Waals surface area contributed by atoms with E-state index in [1.807, 2.05) is 32.9 Å². The summed E-state index contributed by atoms with van der Waals surface area (Å²) < 4.78 is 5.12. The zero-order valence-electron chi connectivity index (χ0n) is 10.6. The first-order valence-electron chi connectivity index (χ1n) is 5.43. The van der Waals surface area contributed by atoms with Crippen molar-refractivity contribution in [2.75, 3.05) is 7.11 Å². The molecule has 0 aliphatic carbocycles. The van der Waals surface area contributed by atoms with Crippen molar-refractivity contribution < 1.29 is 14.6 Å². The van der Waals surface area contributed by atoms with Crippen molar-refractivity contribution in [2.24, 2.45) is 0 Å². The number of benzene rings is 1. The van der Waals surface area contributed by atoms with Crippen LogP contribution in [0.4, 0.5) is 0 Å². The molecule has 1 unspecified atom stereocenters. The summed E-state index contributed by atoms with van der Waals surface area (Å²) in [5, 5.41) is 8.83. The van der Waals surface area contributed by atoms with Crippen molar-refractivity contribution in [1.82, 2.24) is 0 Å². The third-order valence-corrected chi connectivity index (χ3v) is 2.30. The molecule has 16 heavy (non-hydrogen) atoms. The van der Waals surface area contributed by atoms with Crippen LogP contribution >= 0.6 is 0 Å². The predicted octanol–water partition coefficient (Wildman–Crippen LogP) is 3.22. The first-order valence-corrected chi connectivity index (χ1v) is 5.43. The van der Waals surface area contributed by atoms with E-state index in [1.165, 1.54) is 0 Å². The highest BCUT2D eigenvalue weighted by atomic mass is 16.5. The third kappa shape index (κ3) is 3.57. The number of hydrogen-bond acceptors (Lipinski definition) is 2. The highest BCUT2D eigenvalue weighted by Gasteiger charge is 2.14. The van der Waals surface area contributed by atoms with E-state index < -0.39 is 11.9 Å². The third-order valence-electron chi connectivity index (χ3n) is 2.30. The summed E-state index contributed by atoms with van der Waals surface area (Å²) in [6.45, 7) is 7.58. The molecule has 0 spiro atoms. The lowest BCUT2D eigenvalue weighted by Gasteiger charge is -2.10. The minimum atomic E-state index is -0.823. The van der Waals surface area contributed by atoms with E-state index in [1.54, 1.807) is 20.1 Å². The quantitative estimate of drug-likeness (QED) is 0.857. The Morgan fingerprint density at radius 2 is 1.94 bits per heavy atom. The molecule has 1 aromatic carbocycles. The Kier molecular flexibility index (Phi) is 6.23. The highest BCUT2D eigenvalue weighted by molar-refractivity contribution is 5.75. The average molecular weight is 224 g/mol. The molecular formula is C13H20O3. The van der Waals surface area contributed by atoms with Crippen LogP contribution in [-0.4, -0.2) is 18.2 Å². The van der Waals surface area contributed by atoms with Crippen molar-refractivity contribution in [3.63, 3.8) is 0 Å². The number of carboxylic acids is 1. The van der Waals surface area contributed by atoms with Gasteiger partial charge < -0.3 is 9.84 Å². The molecule has 0 saturated heterocycles. The molecule has 90 valence electrons. The van der Waals surface area contributed by atoms with Crippen LogP contribution in [0.2, 0.25) is 0 Å². The summed E-state index contributed by atoms with van der Waals surface area (Å²) in [5.74, 6) is -0.587. The molecule has 1 rings (SSSR count). The average Bonchev–Trinajstić information content (AvgIpc) is 2.31. The van der Waals surface area contributed by atoms with Crippen molar-refractivity contribution >= 4 is 5.97 Å². The van der Waals surface area contributed by atoms with Gasteiger partial charge in [0, 0.05) is 0 Å². The van der Waals surface area contributed by atoms with Gasteiger partial charge in [0.1, 0.15) is 5.75 Å². The second-order valence-corrected chi connectivity index (χ2v) is 3.29. The molecule has 3 nitrogen and oxygen atoms in total. The van der Waals surface area contributed by atoms with Gasteiger partial charge in [-0.15, -0.1) is 0 Å². The minimum absolute atomic E-state index is 0.496. The summed E-state index contributed by atoms with van der Waals surface area (Å²) in [5.41, 5.74) is 1.77. The second kappa shape index (κ2) is 6.88. The van der Waals surface area contributed by atoms with E-state index in [4.69, 9.17) is 9.84 Å². The van der Waals surface area contributed by atoms with Crippen LogP contribution in [0.3, 0.4) is 0 Å². The smallest absolute Gasteiger partial charge is 0.310 e. The van der Waals surface area contributed by atoms with E-state index in [0.717, 1.165) is 16.9 Å². The topological polar surface area (TPSA) is 46.5 Å². The van der Waals surface area contributed by atoms with Gasteiger partial charge >= 0.3 is 5.97 Å². The van der Waals surface area contributed by atoms with E-state index in [0.29, 0.717) is 0 Å². The second-order valence-electron chi connectivity index (χ2n) is 3.29. The molecule has 0 saturated carbocycles. The number of methoxy groups -OCH3 is 1. The number of carbonyl (C=O) groups is 1. The fourth-order valence-electron chi connectivity index (χ4n) is 1.25. The predicted molar refractivity (Wildman–Crippen MR) is 65.1 cm³/mol. The van der Waals surface area contributed by atoms with Crippen LogP contribution in [0.5, 0.6) is 5.75 Å². The van der Waals surface area contributed by atoms with Crippen LogP contribution < -0.4 is 4.74 Å². The lowest BCUT2D eigenvalue weighted by atomic mass is 10.00. The minimum Gasteiger partial charge on any atom is -0.496 e. The molecule has 1 atom stereocenters. The van der Waals surface area contributed by atoms with E-state index in [9.17, 15) is 4.79 Å². The summed E-state index contributed by atoms with van der Waals surface area (Å²) in [4.78, 5) is 10.7. The van der Waals surface area contributed by atoms with Gasteiger partial charge in [-0.05, 0) is 31.0 Å². The molecule has 1 N–H and O–H groups in total. The molecule has 1 aromatic rings. The Balaban J connectivity index is 0.00000106. The van der Waals surface area contributed by atoms with E-state index >= 15 is 0 Å². The normalized spacial score (nSPS) is 11.1. The van der Waals surface area contributed by atoms with Crippen LogP contribution in [0, 0.1) is 6.92 Å². The number of hydrogen-bond donors (Lipinski definition) is 1. The molecule has 0 heterocycles. The molecule has 0 fully saturated rings. The van der Waals surface area contributed by atoms with Crippen molar-refractivity contribution in [3.8, 4) is 5.75 Å². The molecule has 3 heteroatoms. The first-order chi connectivity index (χ1) is 7.56. The lowest BCUT2D eigenvalue weighted by Crippen LogP contribution is -2.07. The SMILES string of the molecule is CC.COc1cc(C(C)C(=O)O)ccc1C.